The predicted octanol–water partition coefficient (Wildman–Crippen LogP) is 3.78. The molecule has 0 aromatic heterocycles. The van der Waals surface area contributed by atoms with Crippen LogP contribution in [0.25, 0.3) is 0 Å². The Morgan fingerprint density at radius 3 is 2.61 bits per heavy atom. The Balaban J connectivity index is 1.55. The highest BCUT2D eigenvalue weighted by Crippen LogP contribution is 2.32. The molecule has 154 valence electrons. The van der Waals surface area contributed by atoms with Crippen molar-refractivity contribution in [2.45, 2.75) is 37.9 Å². The third-order valence-corrected chi connectivity index (χ3v) is 5.68. The smallest absolute Gasteiger partial charge is 0.369 e. The molecular formula is C21H28F3N3O. The van der Waals surface area contributed by atoms with Crippen LogP contribution in [-0.4, -0.2) is 61.0 Å². The van der Waals surface area contributed by atoms with Crippen LogP contribution in [0, 0.1) is 0 Å². The van der Waals surface area contributed by atoms with E-state index in [1.54, 1.807) is 12.1 Å². The Kier molecular flexibility index (Phi) is 6.65. The van der Waals surface area contributed by atoms with Gasteiger partial charge in [0.1, 0.15) is 0 Å². The van der Waals surface area contributed by atoms with Crippen molar-refractivity contribution in [2.75, 3.05) is 44.2 Å². The van der Waals surface area contributed by atoms with Crippen molar-refractivity contribution in [3.8, 4) is 0 Å². The van der Waals surface area contributed by atoms with Gasteiger partial charge in [-0.25, -0.2) is 0 Å². The molecule has 28 heavy (non-hydrogen) atoms. The van der Waals surface area contributed by atoms with Gasteiger partial charge in [0.15, 0.2) is 0 Å². The van der Waals surface area contributed by atoms with Crippen LogP contribution in [-0.2, 0) is 11.0 Å². The first-order valence-corrected chi connectivity index (χ1v) is 9.93. The van der Waals surface area contributed by atoms with Crippen molar-refractivity contribution in [3.05, 3.63) is 42.5 Å². The zero-order valence-corrected chi connectivity index (χ0v) is 16.1. The molecule has 2 aliphatic rings. The first kappa shape index (κ1) is 20.7. The number of rotatable bonds is 5. The lowest BCUT2D eigenvalue weighted by Crippen LogP contribution is -2.55. The summed E-state index contributed by atoms with van der Waals surface area (Å²) in [5.41, 5.74) is 0.0211. The second-order valence-corrected chi connectivity index (χ2v) is 7.53. The molecule has 2 fully saturated rings. The molecule has 2 aliphatic heterocycles. The zero-order valence-electron chi connectivity index (χ0n) is 16.1. The van der Waals surface area contributed by atoms with Gasteiger partial charge in [-0.1, -0.05) is 12.1 Å². The molecule has 2 heterocycles. The molecule has 0 spiro atoms. The summed E-state index contributed by atoms with van der Waals surface area (Å²) in [5.74, 6) is 0.187. The van der Waals surface area contributed by atoms with Gasteiger partial charge in [-0.05, 0) is 37.5 Å². The lowest BCUT2D eigenvalue weighted by atomic mass is 10.0. The number of halogens is 3. The van der Waals surface area contributed by atoms with E-state index in [1.807, 2.05) is 9.80 Å². The van der Waals surface area contributed by atoms with Crippen LogP contribution in [0.15, 0.2) is 36.9 Å². The van der Waals surface area contributed by atoms with Crippen LogP contribution in [0.2, 0.25) is 0 Å². The lowest BCUT2D eigenvalue weighted by molar-refractivity contribution is -0.137. The number of piperazine rings is 1. The quantitative estimate of drug-likeness (QED) is 0.710. The fourth-order valence-corrected chi connectivity index (χ4v) is 4.09. The van der Waals surface area contributed by atoms with E-state index in [2.05, 4.69) is 11.5 Å². The molecule has 0 saturated carbocycles. The van der Waals surface area contributed by atoms with E-state index < -0.39 is 11.7 Å². The molecule has 1 amide bonds. The van der Waals surface area contributed by atoms with E-state index in [4.69, 9.17) is 0 Å². The van der Waals surface area contributed by atoms with Crippen LogP contribution >= 0.6 is 0 Å². The summed E-state index contributed by atoms with van der Waals surface area (Å²) in [5, 5.41) is 0. The molecular weight excluding hydrogens is 367 g/mol. The number of hydrogen-bond acceptors (Lipinski definition) is 3. The Labute approximate surface area is 164 Å². The van der Waals surface area contributed by atoms with Crippen molar-refractivity contribution >= 4 is 11.6 Å². The van der Waals surface area contributed by atoms with E-state index >= 15 is 0 Å². The van der Waals surface area contributed by atoms with E-state index in [-0.39, 0.29) is 5.91 Å². The molecule has 0 N–H and O–H groups in total. The molecule has 0 unspecified atom stereocenters. The molecule has 0 bridgehead atoms. The van der Waals surface area contributed by atoms with Gasteiger partial charge < -0.3 is 9.80 Å². The van der Waals surface area contributed by atoms with Gasteiger partial charge in [-0.2, -0.15) is 13.2 Å². The minimum atomic E-state index is -4.32. The molecule has 0 radical (unpaired) electrons. The SMILES string of the molecule is C=CCCC(=O)N1CCC[C@@H](N2CCN(c3cccc(C(F)(F)F)c3)CC2)C1. The minimum absolute atomic E-state index is 0.187. The van der Waals surface area contributed by atoms with Crippen LogP contribution in [0.4, 0.5) is 18.9 Å². The van der Waals surface area contributed by atoms with Crippen LogP contribution < -0.4 is 4.90 Å². The average Bonchev–Trinajstić information content (AvgIpc) is 2.71. The molecule has 0 aliphatic carbocycles. The number of allylic oxidation sites excluding steroid dienone is 1. The summed E-state index contributed by atoms with van der Waals surface area (Å²) < 4.78 is 38.9. The first-order valence-electron chi connectivity index (χ1n) is 9.93. The lowest BCUT2D eigenvalue weighted by Gasteiger charge is -2.44. The van der Waals surface area contributed by atoms with Crippen molar-refractivity contribution in [2.24, 2.45) is 0 Å². The second kappa shape index (κ2) is 8.99. The number of carbonyl (C=O) groups excluding carboxylic acids is 1. The zero-order chi connectivity index (χ0) is 20.1. The van der Waals surface area contributed by atoms with Gasteiger partial charge in [0.05, 0.1) is 5.56 Å². The number of likely N-dealkylation sites (tertiary alicyclic amines) is 1. The maximum absolute atomic E-state index is 13.0. The fourth-order valence-electron chi connectivity index (χ4n) is 4.09. The summed E-state index contributed by atoms with van der Waals surface area (Å²) in [6, 6.07) is 5.89. The number of carbonyl (C=O) groups is 1. The Hall–Kier alpha value is -2.02. The fraction of sp³-hybridized carbons (Fsp3) is 0.571. The van der Waals surface area contributed by atoms with Crippen molar-refractivity contribution < 1.29 is 18.0 Å². The summed E-state index contributed by atoms with van der Waals surface area (Å²) in [7, 11) is 0. The number of nitrogens with zero attached hydrogens (tertiary/aromatic N) is 3. The van der Waals surface area contributed by atoms with E-state index in [0.717, 1.165) is 45.1 Å². The van der Waals surface area contributed by atoms with Gasteiger partial charge in [0.2, 0.25) is 5.91 Å². The second-order valence-electron chi connectivity index (χ2n) is 7.53. The highest BCUT2D eigenvalue weighted by Gasteiger charge is 2.32. The monoisotopic (exact) mass is 395 g/mol. The maximum Gasteiger partial charge on any atom is 0.416 e. The number of benzene rings is 1. The first-order chi connectivity index (χ1) is 13.4. The molecule has 3 rings (SSSR count). The van der Waals surface area contributed by atoms with Crippen molar-refractivity contribution in [3.63, 3.8) is 0 Å². The standard InChI is InChI=1S/C21H28F3N3O/c1-2-3-9-20(28)27-10-5-8-19(16-27)26-13-11-25(12-14-26)18-7-4-6-17(15-18)21(22,23)24/h2,4,6-7,15,19H,1,3,5,8-14,16H2/t19-/m1/s1. The molecule has 7 heteroatoms. The third-order valence-electron chi connectivity index (χ3n) is 5.68. The Morgan fingerprint density at radius 2 is 1.93 bits per heavy atom. The molecule has 1 aromatic carbocycles. The summed E-state index contributed by atoms with van der Waals surface area (Å²) >= 11 is 0. The average molecular weight is 395 g/mol. The molecule has 2 saturated heterocycles. The number of hydrogen-bond donors (Lipinski definition) is 0. The number of piperidine rings is 1. The van der Waals surface area contributed by atoms with Crippen molar-refractivity contribution in [1.29, 1.82) is 0 Å². The maximum atomic E-state index is 13.0. The molecule has 1 aromatic rings. The van der Waals surface area contributed by atoms with Crippen molar-refractivity contribution in [1.82, 2.24) is 9.80 Å². The third kappa shape index (κ3) is 5.07. The van der Waals surface area contributed by atoms with Gasteiger partial charge in [-0.3, -0.25) is 9.69 Å². The Morgan fingerprint density at radius 1 is 1.18 bits per heavy atom. The largest absolute Gasteiger partial charge is 0.416 e. The van der Waals surface area contributed by atoms with E-state index in [9.17, 15) is 18.0 Å². The summed E-state index contributed by atoms with van der Waals surface area (Å²) in [6.07, 6.45) is 0.732. The predicted molar refractivity (Wildman–Crippen MR) is 104 cm³/mol. The molecule has 1 atom stereocenters. The van der Waals surface area contributed by atoms with E-state index in [1.165, 1.54) is 12.1 Å². The summed E-state index contributed by atoms with van der Waals surface area (Å²) in [6.45, 7) is 8.23. The number of alkyl halides is 3. The van der Waals surface area contributed by atoms with Gasteiger partial charge >= 0.3 is 6.18 Å². The van der Waals surface area contributed by atoms with Gasteiger partial charge in [0.25, 0.3) is 0 Å². The summed E-state index contributed by atoms with van der Waals surface area (Å²) in [4.78, 5) is 18.7. The highest BCUT2D eigenvalue weighted by molar-refractivity contribution is 5.76. The van der Waals surface area contributed by atoms with Gasteiger partial charge in [0, 0.05) is 57.4 Å². The van der Waals surface area contributed by atoms with Gasteiger partial charge in [-0.15, -0.1) is 6.58 Å². The minimum Gasteiger partial charge on any atom is -0.369 e. The number of anilines is 1. The number of amides is 1. The van der Waals surface area contributed by atoms with Crippen LogP contribution in [0.3, 0.4) is 0 Å². The topological polar surface area (TPSA) is 26.8 Å². The molecule has 4 nitrogen and oxygen atoms in total. The van der Waals surface area contributed by atoms with Crippen LogP contribution in [0.5, 0.6) is 0 Å². The Bertz CT molecular complexity index is 684. The normalized spacial score (nSPS) is 21.6. The highest BCUT2D eigenvalue weighted by atomic mass is 19.4. The van der Waals surface area contributed by atoms with Crippen LogP contribution in [0.1, 0.15) is 31.2 Å². The van der Waals surface area contributed by atoms with E-state index in [0.29, 0.717) is 37.7 Å².